The third kappa shape index (κ3) is 6.51. The van der Waals surface area contributed by atoms with Gasteiger partial charge in [0.15, 0.2) is 0 Å². The van der Waals surface area contributed by atoms with Gasteiger partial charge in [-0.15, -0.1) is 0 Å². The summed E-state index contributed by atoms with van der Waals surface area (Å²) in [5, 5.41) is 11.0. The molecule has 1 aromatic carbocycles. The summed E-state index contributed by atoms with van der Waals surface area (Å²) in [6.45, 7) is 4.34. The van der Waals surface area contributed by atoms with Crippen LogP contribution in [0.15, 0.2) is 24.4 Å². The summed E-state index contributed by atoms with van der Waals surface area (Å²) in [4.78, 5) is 24.9. The first-order valence-electron chi connectivity index (χ1n) is 12.1. The molecule has 2 fully saturated rings. The lowest BCUT2D eigenvalue weighted by atomic mass is 9.93. The van der Waals surface area contributed by atoms with Gasteiger partial charge in [-0.25, -0.2) is 4.98 Å². The van der Waals surface area contributed by atoms with Crippen LogP contribution >= 0.6 is 23.2 Å². The number of carboxylic acids is 1. The van der Waals surface area contributed by atoms with Crippen LogP contribution in [0.2, 0.25) is 10.0 Å². The van der Waals surface area contributed by atoms with E-state index in [0.29, 0.717) is 34.6 Å². The maximum absolute atomic E-state index is 12.2. The van der Waals surface area contributed by atoms with Crippen LogP contribution in [0.1, 0.15) is 37.3 Å². The number of carboxylic acid groups (broad SMARTS) is 1. The van der Waals surface area contributed by atoms with Gasteiger partial charge in [-0.05, 0) is 56.8 Å². The Labute approximate surface area is 221 Å². The Balaban J connectivity index is 1.27. The molecule has 0 radical (unpaired) electrons. The van der Waals surface area contributed by atoms with Crippen molar-refractivity contribution in [2.24, 2.45) is 5.92 Å². The fraction of sp³-hybridized carbons (Fsp3) is 0.560. The molecule has 0 aliphatic carbocycles. The lowest BCUT2D eigenvalue weighted by Crippen LogP contribution is -2.45. The van der Waals surface area contributed by atoms with Gasteiger partial charge in [0.2, 0.25) is 5.88 Å². The minimum atomic E-state index is -0.940. The van der Waals surface area contributed by atoms with Gasteiger partial charge in [-0.3, -0.25) is 9.69 Å². The van der Waals surface area contributed by atoms with Crippen molar-refractivity contribution < 1.29 is 24.1 Å². The number of aliphatic carboxylic acids is 1. The fourth-order valence-corrected chi connectivity index (χ4v) is 5.29. The predicted molar refractivity (Wildman–Crippen MR) is 136 cm³/mol. The Kier molecular flexibility index (Phi) is 9.11. The van der Waals surface area contributed by atoms with Gasteiger partial charge in [0.05, 0.1) is 29.8 Å². The molecule has 0 amide bonds. The second-order valence-electron chi connectivity index (χ2n) is 9.24. The summed E-state index contributed by atoms with van der Waals surface area (Å²) in [7, 11) is 2.92. The summed E-state index contributed by atoms with van der Waals surface area (Å²) in [5.74, 6) is 0.561. The number of methoxy groups -OCH3 is 2. The molecule has 196 valence electrons. The average molecular weight is 539 g/mol. The van der Waals surface area contributed by atoms with Crippen LogP contribution < -0.4 is 14.2 Å². The van der Waals surface area contributed by atoms with Crippen molar-refractivity contribution in [3.63, 3.8) is 0 Å². The molecular weight excluding hydrogens is 507 g/mol. The number of carbonyl (C=O) groups is 1. The van der Waals surface area contributed by atoms with E-state index in [9.17, 15) is 9.90 Å². The van der Waals surface area contributed by atoms with E-state index in [0.717, 1.165) is 51.1 Å². The number of ether oxygens (including phenoxy) is 3. The molecule has 4 rings (SSSR count). The van der Waals surface area contributed by atoms with E-state index in [1.54, 1.807) is 12.1 Å². The van der Waals surface area contributed by atoms with E-state index in [1.165, 1.54) is 20.4 Å². The van der Waals surface area contributed by atoms with Gasteiger partial charge in [0.1, 0.15) is 17.9 Å². The summed E-state index contributed by atoms with van der Waals surface area (Å²) in [6.07, 6.45) is 5.43. The first-order valence-corrected chi connectivity index (χ1v) is 12.9. The van der Waals surface area contributed by atoms with Crippen LogP contribution in [0.3, 0.4) is 0 Å². The van der Waals surface area contributed by atoms with Gasteiger partial charge >= 0.3 is 12.0 Å². The Morgan fingerprint density at radius 2 is 1.81 bits per heavy atom. The standard InChI is InChI=1S/C25H32Cl2N4O5/c1-34-23-19(14-28-25(29-23)35-2)22(24(32)33)31-11-5-16(6-12-31)15-30-9-7-17(8-10-30)36-18-3-4-20(26)21(27)13-18/h3-4,13-14,16-17,22H,5-12,15H2,1-2H3,(H,32,33). The third-order valence-corrected chi connectivity index (χ3v) is 7.66. The van der Waals surface area contributed by atoms with Gasteiger partial charge in [-0.1, -0.05) is 23.2 Å². The molecule has 1 N–H and O–H groups in total. The van der Waals surface area contributed by atoms with E-state index in [1.807, 2.05) is 11.0 Å². The zero-order valence-corrected chi connectivity index (χ0v) is 22.0. The number of nitrogens with zero attached hydrogens (tertiary/aromatic N) is 4. The van der Waals surface area contributed by atoms with E-state index in [2.05, 4.69) is 14.9 Å². The molecule has 36 heavy (non-hydrogen) atoms. The highest BCUT2D eigenvalue weighted by Crippen LogP contribution is 2.33. The molecule has 9 nitrogen and oxygen atoms in total. The zero-order chi connectivity index (χ0) is 25.7. The van der Waals surface area contributed by atoms with Crippen LogP contribution in [-0.4, -0.2) is 83.9 Å². The molecule has 2 saturated heterocycles. The van der Waals surface area contributed by atoms with E-state index in [-0.39, 0.29) is 18.0 Å². The van der Waals surface area contributed by atoms with Crippen LogP contribution in [0, 0.1) is 5.92 Å². The molecule has 2 aromatic rings. The Hall–Kier alpha value is -2.33. The largest absolute Gasteiger partial charge is 0.490 e. The number of hydrogen-bond acceptors (Lipinski definition) is 8. The van der Waals surface area contributed by atoms with E-state index < -0.39 is 12.0 Å². The molecule has 0 bridgehead atoms. The molecule has 0 spiro atoms. The third-order valence-electron chi connectivity index (χ3n) is 6.92. The highest BCUT2D eigenvalue weighted by molar-refractivity contribution is 6.42. The van der Waals surface area contributed by atoms with Crippen molar-refractivity contribution in [2.45, 2.75) is 37.8 Å². The molecule has 1 unspecified atom stereocenters. The van der Waals surface area contributed by atoms with Gasteiger partial charge in [0.25, 0.3) is 0 Å². The number of aromatic nitrogens is 2. The number of likely N-dealkylation sites (tertiary alicyclic amines) is 2. The highest BCUT2D eigenvalue weighted by Gasteiger charge is 2.35. The molecule has 2 aliphatic heterocycles. The van der Waals surface area contributed by atoms with Gasteiger partial charge in [0, 0.05) is 31.9 Å². The lowest BCUT2D eigenvalue weighted by Gasteiger charge is -2.39. The predicted octanol–water partition coefficient (Wildman–Crippen LogP) is 4.18. The molecule has 1 aromatic heterocycles. The molecule has 0 saturated carbocycles. The summed E-state index contributed by atoms with van der Waals surface area (Å²) < 4.78 is 16.5. The second kappa shape index (κ2) is 12.3. The van der Waals surface area contributed by atoms with Crippen LogP contribution in [0.5, 0.6) is 17.6 Å². The minimum Gasteiger partial charge on any atom is -0.490 e. The monoisotopic (exact) mass is 538 g/mol. The maximum atomic E-state index is 12.2. The van der Waals surface area contributed by atoms with Gasteiger partial charge < -0.3 is 24.2 Å². The van der Waals surface area contributed by atoms with Crippen LogP contribution in [0.25, 0.3) is 0 Å². The fourth-order valence-electron chi connectivity index (χ4n) is 5.01. The first-order chi connectivity index (χ1) is 17.4. The van der Waals surface area contributed by atoms with Gasteiger partial charge in [-0.2, -0.15) is 4.98 Å². The molecule has 11 heteroatoms. The highest BCUT2D eigenvalue weighted by atomic mass is 35.5. The number of hydrogen-bond donors (Lipinski definition) is 1. The summed E-state index contributed by atoms with van der Waals surface area (Å²) in [6, 6.07) is 4.66. The van der Waals surface area contributed by atoms with Crippen molar-refractivity contribution in [1.29, 1.82) is 0 Å². The molecule has 3 heterocycles. The van der Waals surface area contributed by atoms with Crippen molar-refractivity contribution in [3.8, 4) is 17.6 Å². The number of halogens is 2. The smallest absolute Gasteiger partial charge is 0.325 e. The topological polar surface area (TPSA) is 97.3 Å². The molecule has 2 aliphatic rings. The quantitative estimate of drug-likeness (QED) is 0.503. The van der Waals surface area contributed by atoms with E-state index >= 15 is 0 Å². The van der Waals surface area contributed by atoms with Crippen molar-refractivity contribution in [3.05, 3.63) is 40.0 Å². The van der Waals surface area contributed by atoms with Crippen molar-refractivity contribution in [2.75, 3.05) is 46.9 Å². The minimum absolute atomic E-state index is 0.143. The first kappa shape index (κ1) is 26.7. The van der Waals surface area contributed by atoms with E-state index in [4.69, 9.17) is 37.4 Å². The normalized spacial score (nSPS) is 19.1. The SMILES string of the molecule is COc1ncc(C(C(=O)O)N2CCC(CN3CCC(Oc4ccc(Cl)c(Cl)c4)CC3)CC2)c(OC)n1. The Morgan fingerprint density at radius 1 is 1.08 bits per heavy atom. The average Bonchev–Trinajstić information content (AvgIpc) is 2.88. The summed E-state index contributed by atoms with van der Waals surface area (Å²) >= 11 is 12.1. The number of rotatable bonds is 9. The maximum Gasteiger partial charge on any atom is 0.325 e. The van der Waals surface area contributed by atoms with Crippen molar-refractivity contribution >= 4 is 29.2 Å². The zero-order valence-electron chi connectivity index (χ0n) is 20.5. The van der Waals surface area contributed by atoms with Crippen LogP contribution in [0.4, 0.5) is 0 Å². The summed E-state index contributed by atoms with van der Waals surface area (Å²) in [5.41, 5.74) is 0.438. The van der Waals surface area contributed by atoms with Crippen molar-refractivity contribution in [1.82, 2.24) is 19.8 Å². The number of benzene rings is 1. The Bertz CT molecular complexity index is 1040. The molecule has 1 atom stereocenters. The second-order valence-corrected chi connectivity index (χ2v) is 10.0. The molecular formula is C25H32Cl2N4O5. The number of piperidine rings is 2. The lowest BCUT2D eigenvalue weighted by molar-refractivity contribution is -0.144. The van der Waals surface area contributed by atoms with Crippen LogP contribution in [-0.2, 0) is 4.79 Å². The Morgan fingerprint density at radius 3 is 2.42 bits per heavy atom.